The van der Waals surface area contributed by atoms with Gasteiger partial charge in [0.05, 0.1) is 25.2 Å². The van der Waals surface area contributed by atoms with E-state index in [1.807, 2.05) is 0 Å². The lowest BCUT2D eigenvalue weighted by atomic mass is 10.0. The van der Waals surface area contributed by atoms with Gasteiger partial charge in [-0.2, -0.15) is 0 Å². The first-order chi connectivity index (χ1) is 32.5. The van der Waals surface area contributed by atoms with Crippen LogP contribution >= 0.6 is 0 Å². The van der Waals surface area contributed by atoms with Crippen molar-refractivity contribution in [2.75, 3.05) is 6.61 Å². The topological polar surface area (TPSA) is 95.9 Å². The second-order valence-corrected chi connectivity index (χ2v) is 19.7. The molecular weight excluding hydrogens is 815 g/mol. The van der Waals surface area contributed by atoms with Gasteiger partial charge in [-0.15, -0.1) is 0 Å². The number of aliphatic hydroxyl groups is 2. The highest BCUT2D eigenvalue weighted by Gasteiger charge is 2.24. The first kappa shape index (κ1) is 63.8. The van der Waals surface area contributed by atoms with Crippen LogP contribution in [-0.4, -0.2) is 46.9 Å². The van der Waals surface area contributed by atoms with Crippen LogP contribution in [0.2, 0.25) is 0 Å². The van der Waals surface area contributed by atoms with Crippen LogP contribution in [0.4, 0.5) is 0 Å². The SMILES string of the molecule is CCCCC/C=C\C/C=C\C/C=C\C/C=C\CCCCCC(=O)OC(CCCCCCCCCCCCC)CC(=O)NC(CO)C(O)CCCCCCCCCCCCCCCCCCC. The summed E-state index contributed by atoms with van der Waals surface area (Å²) in [5, 5.41) is 23.9. The van der Waals surface area contributed by atoms with Gasteiger partial charge in [0.1, 0.15) is 6.10 Å². The Morgan fingerprint density at radius 1 is 0.439 bits per heavy atom. The summed E-state index contributed by atoms with van der Waals surface area (Å²) in [6, 6.07) is -0.707. The number of rotatable bonds is 52. The number of esters is 1. The molecule has 3 unspecified atom stereocenters. The smallest absolute Gasteiger partial charge is 0.306 e. The molecule has 0 aromatic heterocycles. The molecule has 66 heavy (non-hydrogen) atoms. The molecule has 0 rings (SSSR count). The summed E-state index contributed by atoms with van der Waals surface area (Å²) in [5.74, 6) is -0.499. The van der Waals surface area contributed by atoms with Gasteiger partial charge in [-0.05, 0) is 70.6 Å². The van der Waals surface area contributed by atoms with E-state index in [-0.39, 0.29) is 24.9 Å². The molecule has 0 radical (unpaired) electrons. The Bertz CT molecular complexity index is 1130. The predicted molar refractivity (Wildman–Crippen MR) is 287 cm³/mol. The van der Waals surface area contributed by atoms with Crippen molar-refractivity contribution >= 4 is 11.9 Å². The van der Waals surface area contributed by atoms with E-state index in [2.05, 4.69) is 74.7 Å². The van der Waals surface area contributed by atoms with Gasteiger partial charge in [-0.3, -0.25) is 9.59 Å². The number of carbonyl (C=O) groups is 2. The highest BCUT2D eigenvalue weighted by Crippen LogP contribution is 2.18. The number of ether oxygens (including phenoxy) is 1. The maximum Gasteiger partial charge on any atom is 0.306 e. The minimum absolute atomic E-state index is 0.0674. The van der Waals surface area contributed by atoms with Gasteiger partial charge >= 0.3 is 5.97 Å². The molecule has 0 saturated carbocycles. The highest BCUT2D eigenvalue weighted by molar-refractivity contribution is 5.77. The Balaban J connectivity index is 4.50. The first-order valence-corrected chi connectivity index (χ1v) is 28.9. The molecular formula is C60H111NO5. The first-order valence-electron chi connectivity index (χ1n) is 28.9. The normalized spacial score (nSPS) is 13.5. The maximum atomic E-state index is 13.2. The lowest BCUT2D eigenvalue weighted by Gasteiger charge is -2.24. The standard InChI is InChI=1S/C60H111NO5/c1-4-7-10-13-16-19-22-24-26-28-29-31-33-35-38-41-44-47-50-53-60(65)66-56(51-48-45-42-39-36-21-18-15-12-9-6-3)54-59(64)61-57(55-62)58(63)52-49-46-43-40-37-34-32-30-27-25-23-20-17-14-11-8-5-2/h16,19,24,26,29,31,35,38,56-58,62-63H,4-15,17-18,20-23,25,27-28,30,32-34,36-37,39-55H2,1-3H3,(H,61,64)/b19-16-,26-24-,31-29-,38-35-. The van der Waals surface area contributed by atoms with Crippen molar-refractivity contribution < 1.29 is 24.5 Å². The summed E-state index contributed by atoms with van der Waals surface area (Å²) in [7, 11) is 0. The molecule has 0 saturated heterocycles. The quantitative estimate of drug-likeness (QED) is 0.0321. The van der Waals surface area contributed by atoms with Gasteiger partial charge in [0.2, 0.25) is 5.91 Å². The molecule has 0 aromatic rings. The van der Waals surface area contributed by atoms with E-state index >= 15 is 0 Å². The third-order valence-corrected chi connectivity index (χ3v) is 13.2. The van der Waals surface area contributed by atoms with Gasteiger partial charge in [0.15, 0.2) is 0 Å². The van der Waals surface area contributed by atoms with Crippen molar-refractivity contribution in [3.8, 4) is 0 Å². The molecule has 0 aliphatic carbocycles. The van der Waals surface area contributed by atoms with E-state index < -0.39 is 18.2 Å². The average molecular weight is 927 g/mol. The number of carbonyl (C=O) groups excluding carboxylic acids is 2. The molecule has 0 bridgehead atoms. The van der Waals surface area contributed by atoms with E-state index in [1.54, 1.807) is 0 Å². The number of allylic oxidation sites excluding steroid dienone is 8. The van der Waals surface area contributed by atoms with E-state index in [0.717, 1.165) is 70.6 Å². The zero-order valence-electron chi connectivity index (χ0n) is 44.1. The lowest BCUT2D eigenvalue weighted by molar-refractivity contribution is -0.151. The molecule has 386 valence electrons. The zero-order chi connectivity index (χ0) is 48.1. The molecule has 0 fully saturated rings. The van der Waals surface area contributed by atoms with Crippen LogP contribution in [0.15, 0.2) is 48.6 Å². The van der Waals surface area contributed by atoms with E-state index in [1.165, 1.54) is 180 Å². The van der Waals surface area contributed by atoms with Crippen LogP contribution in [0.5, 0.6) is 0 Å². The highest BCUT2D eigenvalue weighted by atomic mass is 16.5. The number of unbranched alkanes of at least 4 members (excludes halogenated alkanes) is 32. The molecule has 0 aliphatic heterocycles. The minimum Gasteiger partial charge on any atom is -0.462 e. The lowest BCUT2D eigenvalue weighted by Crippen LogP contribution is -2.46. The number of nitrogens with one attached hydrogen (secondary N) is 1. The van der Waals surface area contributed by atoms with Crippen molar-refractivity contribution in [3.63, 3.8) is 0 Å². The minimum atomic E-state index is -0.793. The molecule has 6 heteroatoms. The second-order valence-electron chi connectivity index (χ2n) is 19.7. The number of hydrogen-bond acceptors (Lipinski definition) is 5. The summed E-state index contributed by atoms with van der Waals surface area (Å²) < 4.78 is 5.94. The van der Waals surface area contributed by atoms with Crippen LogP contribution in [0.1, 0.15) is 297 Å². The second kappa shape index (κ2) is 53.8. The molecule has 0 aromatic carbocycles. The van der Waals surface area contributed by atoms with Crippen molar-refractivity contribution in [2.45, 2.75) is 315 Å². The molecule has 0 aliphatic rings. The summed E-state index contributed by atoms with van der Waals surface area (Å²) in [6.07, 6.45) is 66.0. The fraction of sp³-hybridized carbons (Fsp3) is 0.833. The fourth-order valence-electron chi connectivity index (χ4n) is 8.77. The predicted octanol–water partition coefficient (Wildman–Crippen LogP) is 17.8. The molecule has 0 heterocycles. The van der Waals surface area contributed by atoms with Crippen molar-refractivity contribution in [3.05, 3.63) is 48.6 Å². The largest absolute Gasteiger partial charge is 0.462 e. The maximum absolute atomic E-state index is 13.2. The Hall–Kier alpha value is -2.18. The number of aliphatic hydroxyl groups excluding tert-OH is 2. The number of amides is 1. The summed E-state index contributed by atoms with van der Waals surface area (Å²) >= 11 is 0. The monoisotopic (exact) mass is 926 g/mol. The molecule has 0 spiro atoms. The van der Waals surface area contributed by atoms with Crippen molar-refractivity contribution in [1.29, 1.82) is 0 Å². The Labute approximate surface area is 410 Å². The number of hydrogen-bond donors (Lipinski definition) is 3. The summed E-state index contributed by atoms with van der Waals surface area (Å²) in [4.78, 5) is 26.2. The zero-order valence-corrected chi connectivity index (χ0v) is 44.1. The van der Waals surface area contributed by atoms with Crippen LogP contribution in [-0.2, 0) is 14.3 Å². The van der Waals surface area contributed by atoms with Gasteiger partial charge in [0.25, 0.3) is 0 Å². The van der Waals surface area contributed by atoms with Gasteiger partial charge < -0.3 is 20.3 Å². The van der Waals surface area contributed by atoms with Crippen LogP contribution < -0.4 is 5.32 Å². The van der Waals surface area contributed by atoms with Gasteiger partial charge in [-0.1, -0.05) is 262 Å². The fourth-order valence-corrected chi connectivity index (χ4v) is 8.77. The Kier molecular flexibility index (Phi) is 52.0. The van der Waals surface area contributed by atoms with Crippen LogP contribution in [0.3, 0.4) is 0 Å². The van der Waals surface area contributed by atoms with Crippen LogP contribution in [0.25, 0.3) is 0 Å². The van der Waals surface area contributed by atoms with Crippen molar-refractivity contribution in [2.24, 2.45) is 0 Å². The van der Waals surface area contributed by atoms with Gasteiger partial charge in [-0.25, -0.2) is 0 Å². The van der Waals surface area contributed by atoms with E-state index in [0.29, 0.717) is 19.3 Å². The van der Waals surface area contributed by atoms with Crippen molar-refractivity contribution in [1.82, 2.24) is 5.32 Å². The molecule has 1 amide bonds. The third kappa shape index (κ3) is 48.3. The summed E-state index contributed by atoms with van der Waals surface area (Å²) in [5.41, 5.74) is 0. The average Bonchev–Trinajstić information content (AvgIpc) is 3.31. The summed E-state index contributed by atoms with van der Waals surface area (Å²) in [6.45, 7) is 6.47. The molecule has 3 atom stereocenters. The molecule has 3 N–H and O–H groups in total. The third-order valence-electron chi connectivity index (χ3n) is 13.2. The Morgan fingerprint density at radius 3 is 1.18 bits per heavy atom. The Morgan fingerprint density at radius 2 is 0.773 bits per heavy atom. The van der Waals surface area contributed by atoms with Gasteiger partial charge in [0, 0.05) is 6.42 Å². The van der Waals surface area contributed by atoms with E-state index in [9.17, 15) is 19.8 Å². The molecule has 6 nitrogen and oxygen atoms in total. The van der Waals surface area contributed by atoms with E-state index in [4.69, 9.17) is 4.74 Å². The van der Waals surface area contributed by atoms with Crippen LogP contribution in [0, 0.1) is 0 Å².